The highest BCUT2D eigenvalue weighted by atomic mass is 35.5. The highest BCUT2D eigenvalue weighted by Crippen LogP contribution is 2.51. The summed E-state index contributed by atoms with van der Waals surface area (Å²) in [6.45, 7) is 2.08. The molecular weight excluding hydrogens is 508 g/mol. The molecule has 0 bridgehead atoms. The number of nitrogens with zero attached hydrogens (tertiary/aromatic N) is 5. The number of fused-ring (bicyclic) bond motifs is 3. The summed E-state index contributed by atoms with van der Waals surface area (Å²) in [5.41, 5.74) is 5.76. The third kappa shape index (κ3) is 4.02. The van der Waals surface area contributed by atoms with E-state index in [4.69, 9.17) is 26.7 Å². The van der Waals surface area contributed by atoms with Crippen LogP contribution in [0.2, 0.25) is 5.02 Å². The fourth-order valence-electron chi connectivity index (χ4n) is 5.31. The number of aryl methyl sites for hydroxylation is 1. The summed E-state index contributed by atoms with van der Waals surface area (Å²) in [5.74, 6) is 0.743. The molecule has 5 aromatic rings. The Morgan fingerprint density at radius 3 is 2.44 bits per heavy atom. The summed E-state index contributed by atoms with van der Waals surface area (Å²) in [7, 11) is 0. The number of rotatable bonds is 4. The van der Waals surface area contributed by atoms with Gasteiger partial charge in [0.25, 0.3) is 0 Å². The third-order valence-corrected chi connectivity index (χ3v) is 7.52. The van der Waals surface area contributed by atoms with Gasteiger partial charge < -0.3 is 10.2 Å². The zero-order chi connectivity index (χ0) is 26.4. The molecule has 0 aliphatic carbocycles. The predicted octanol–water partition coefficient (Wildman–Crippen LogP) is 6.84. The third-order valence-electron chi connectivity index (χ3n) is 7.27. The molecule has 0 radical (unpaired) electrons. The van der Waals surface area contributed by atoms with E-state index in [1.54, 1.807) is 4.80 Å². The first kappa shape index (κ1) is 23.5. The topological polar surface area (TPSA) is 67.6 Å². The summed E-state index contributed by atoms with van der Waals surface area (Å²) >= 11 is 6.31. The maximum atomic E-state index is 6.52. The van der Waals surface area contributed by atoms with Crippen LogP contribution < -0.4 is 10.2 Å². The van der Waals surface area contributed by atoms with Crippen molar-refractivity contribution in [2.75, 3.05) is 10.2 Å². The summed E-state index contributed by atoms with van der Waals surface area (Å²) in [4.78, 5) is 10.4. The number of hydrogen-bond donors (Lipinski definition) is 1. The molecule has 192 valence electrons. The Labute approximate surface area is 231 Å². The summed E-state index contributed by atoms with van der Waals surface area (Å²) in [6.07, 6.45) is 2.32. The lowest BCUT2D eigenvalue weighted by molar-refractivity contribution is -0.0311. The minimum atomic E-state index is -0.953. The van der Waals surface area contributed by atoms with Crippen molar-refractivity contribution in [1.82, 2.24) is 15.0 Å². The van der Waals surface area contributed by atoms with Gasteiger partial charge in [-0.15, -0.1) is 0 Å². The lowest BCUT2D eigenvalue weighted by Gasteiger charge is -2.37. The zero-order valence-electron chi connectivity index (χ0n) is 21.2. The molecule has 7 rings (SSSR count). The van der Waals surface area contributed by atoms with Crippen LogP contribution >= 0.6 is 11.6 Å². The van der Waals surface area contributed by atoms with Crippen LogP contribution in [-0.4, -0.2) is 20.8 Å². The summed E-state index contributed by atoms with van der Waals surface area (Å²) in [5, 5.41) is 18.6. The molecule has 2 unspecified atom stereocenters. The van der Waals surface area contributed by atoms with Crippen molar-refractivity contribution < 1.29 is 4.84 Å². The van der Waals surface area contributed by atoms with Crippen molar-refractivity contribution in [2.24, 2.45) is 5.16 Å². The minimum absolute atomic E-state index is 0.225. The Kier molecular flexibility index (Phi) is 5.60. The molecule has 2 aliphatic heterocycles. The second-order valence-corrected chi connectivity index (χ2v) is 10.2. The number of halogens is 1. The van der Waals surface area contributed by atoms with E-state index in [9.17, 15) is 0 Å². The Morgan fingerprint density at radius 1 is 0.897 bits per heavy atom. The van der Waals surface area contributed by atoms with Crippen molar-refractivity contribution in [1.29, 1.82) is 0 Å². The SMILES string of the molecule is Cc1ccc(C2=NOC3(c4ccc(Cl)cc4)CC(c4cnn(-c5ccccc5)n4)Nc4ccccc4N23)cc1. The van der Waals surface area contributed by atoms with Crippen LogP contribution in [0.15, 0.2) is 114 Å². The fourth-order valence-corrected chi connectivity index (χ4v) is 5.43. The number of amidine groups is 1. The van der Waals surface area contributed by atoms with Gasteiger partial charge in [0, 0.05) is 22.6 Å². The number of para-hydroxylation sites is 3. The number of anilines is 2. The molecule has 2 atom stereocenters. The van der Waals surface area contributed by atoms with Crippen LogP contribution in [-0.2, 0) is 10.6 Å². The molecule has 0 amide bonds. The second kappa shape index (κ2) is 9.29. The van der Waals surface area contributed by atoms with Crippen molar-refractivity contribution >= 4 is 28.8 Å². The van der Waals surface area contributed by atoms with Gasteiger partial charge in [-0.3, -0.25) is 4.90 Å². The van der Waals surface area contributed by atoms with Crippen LogP contribution in [0.4, 0.5) is 11.4 Å². The molecule has 39 heavy (non-hydrogen) atoms. The van der Waals surface area contributed by atoms with E-state index in [0.717, 1.165) is 39.7 Å². The first-order valence-electron chi connectivity index (χ1n) is 12.8. The predicted molar refractivity (Wildman–Crippen MR) is 153 cm³/mol. The van der Waals surface area contributed by atoms with Crippen LogP contribution in [0.3, 0.4) is 0 Å². The molecule has 2 aliphatic rings. The van der Waals surface area contributed by atoms with Gasteiger partial charge in [0.2, 0.25) is 5.72 Å². The lowest BCUT2D eigenvalue weighted by atomic mass is 9.92. The highest BCUT2D eigenvalue weighted by molar-refractivity contribution is 6.30. The first-order valence-corrected chi connectivity index (χ1v) is 13.2. The largest absolute Gasteiger partial charge is 0.375 e. The Bertz CT molecular complexity index is 1670. The van der Waals surface area contributed by atoms with Gasteiger partial charge in [-0.1, -0.05) is 89.1 Å². The number of oxime groups is 1. The average molecular weight is 533 g/mol. The van der Waals surface area contributed by atoms with Crippen LogP contribution in [0.1, 0.15) is 34.8 Å². The van der Waals surface area contributed by atoms with Crippen molar-refractivity contribution in [3.63, 3.8) is 0 Å². The molecule has 3 heterocycles. The normalized spacial score (nSPS) is 19.8. The Morgan fingerprint density at radius 2 is 1.64 bits per heavy atom. The van der Waals surface area contributed by atoms with Gasteiger partial charge in [-0.2, -0.15) is 15.0 Å². The van der Waals surface area contributed by atoms with Crippen LogP contribution in [0.25, 0.3) is 5.69 Å². The quantitative estimate of drug-likeness (QED) is 0.274. The number of nitrogens with one attached hydrogen (secondary N) is 1. The van der Waals surface area contributed by atoms with Gasteiger partial charge in [0.1, 0.15) is 5.69 Å². The van der Waals surface area contributed by atoms with Crippen LogP contribution in [0.5, 0.6) is 0 Å². The first-order chi connectivity index (χ1) is 19.1. The molecule has 1 aromatic heterocycles. The smallest absolute Gasteiger partial charge is 0.243 e. The maximum Gasteiger partial charge on any atom is 0.243 e. The van der Waals surface area contributed by atoms with Gasteiger partial charge in [-0.25, -0.2) is 0 Å². The van der Waals surface area contributed by atoms with E-state index < -0.39 is 5.72 Å². The minimum Gasteiger partial charge on any atom is -0.375 e. The number of aromatic nitrogens is 3. The van der Waals surface area contributed by atoms with Gasteiger partial charge in [0.05, 0.1) is 29.3 Å². The Balaban J connectivity index is 1.39. The van der Waals surface area contributed by atoms with E-state index in [2.05, 4.69) is 58.6 Å². The van der Waals surface area contributed by atoms with Gasteiger partial charge >= 0.3 is 0 Å². The van der Waals surface area contributed by atoms with E-state index in [1.807, 2.05) is 72.9 Å². The van der Waals surface area contributed by atoms with Crippen molar-refractivity contribution in [3.8, 4) is 5.69 Å². The number of benzene rings is 4. The zero-order valence-corrected chi connectivity index (χ0v) is 22.0. The molecule has 0 saturated heterocycles. The van der Waals surface area contributed by atoms with Crippen molar-refractivity contribution in [2.45, 2.75) is 25.1 Å². The van der Waals surface area contributed by atoms with Crippen molar-refractivity contribution in [3.05, 3.63) is 137 Å². The number of hydrogen-bond acceptors (Lipinski definition) is 6. The van der Waals surface area contributed by atoms with E-state index >= 15 is 0 Å². The molecule has 8 heteroatoms. The monoisotopic (exact) mass is 532 g/mol. The maximum absolute atomic E-state index is 6.52. The summed E-state index contributed by atoms with van der Waals surface area (Å²) < 4.78 is 0. The van der Waals surface area contributed by atoms with Crippen LogP contribution in [0, 0.1) is 6.92 Å². The molecule has 0 spiro atoms. The molecule has 0 saturated carbocycles. The van der Waals surface area contributed by atoms with E-state index in [1.165, 1.54) is 5.56 Å². The molecule has 1 N–H and O–H groups in total. The molecule has 4 aromatic carbocycles. The lowest BCUT2D eigenvalue weighted by Crippen LogP contribution is -2.47. The second-order valence-electron chi connectivity index (χ2n) is 9.81. The average Bonchev–Trinajstić information content (AvgIpc) is 3.58. The van der Waals surface area contributed by atoms with E-state index in [0.29, 0.717) is 11.4 Å². The van der Waals surface area contributed by atoms with E-state index in [-0.39, 0.29) is 6.04 Å². The Hall–Kier alpha value is -4.62. The molecule has 7 nitrogen and oxygen atoms in total. The highest BCUT2D eigenvalue weighted by Gasteiger charge is 2.53. The summed E-state index contributed by atoms with van der Waals surface area (Å²) in [6, 6.07) is 34.0. The molecular formula is C31H25ClN6O. The fraction of sp³-hybridized carbons (Fsp3) is 0.129. The standard InChI is InChI=1S/C31H25ClN6O/c1-21-11-13-22(14-12-21)30-36-39-31(23-15-17-24(32)18-16-23)19-27(34-26-9-5-6-10-29(26)37(30)31)28-20-33-38(35-28)25-7-3-2-4-8-25/h2-18,20,27,34H,19H2,1H3. The van der Waals surface area contributed by atoms with Gasteiger partial charge in [-0.05, 0) is 43.3 Å². The van der Waals surface area contributed by atoms with Gasteiger partial charge in [0.15, 0.2) is 5.84 Å². The molecule has 0 fully saturated rings.